The summed E-state index contributed by atoms with van der Waals surface area (Å²) in [6.07, 6.45) is 1.86. The molecule has 1 heterocycles. The third-order valence-corrected chi connectivity index (χ3v) is 2.91. The number of hydrogen-bond acceptors (Lipinski definition) is 4. The maximum atomic E-state index is 13.3. The Bertz CT molecular complexity index is 557. The Morgan fingerprint density at radius 3 is 2.67 bits per heavy atom. The highest BCUT2D eigenvalue weighted by atomic mass is 35.5. The molecule has 0 radical (unpaired) electrons. The van der Waals surface area contributed by atoms with Gasteiger partial charge < -0.3 is 5.32 Å². The first-order valence-corrected chi connectivity index (χ1v) is 6.80. The summed E-state index contributed by atoms with van der Waals surface area (Å²) in [4.78, 5) is 8.27. The van der Waals surface area contributed by atoms with Gasteiger partial charge in [-0.2, -0.15) is 0 Å². The highest BCUT2D eigenvalue weighted by Gasteiger charge is 2.04. The average Bonchev–Trinajstić information content (AvgIpc) is 2.26. The molecule has 0 saturated carbocycles. The third-order valence-electron chi connectivity index (χ3n) is 2.17. The van der Waals surface area contributed by atoms with E-state index in [1.54, 1.807) is 6.07 Å². The fraction of sp³-hybridized carbons (Fsp3) is 0.167. The quantitative estimate of drug-likeness (QED) is 0.524. The third kappa shape index (κ3) is 3.34. The Morgan fingerprint density at radius 2 is 2.00 bits per heavy atom. The molecule has 2 rings (SSSR count). The topological polar surface area (TPSA) is 37.8 Å². The van der Waals surface area contributed by atoms with Crippen molar-refractivity contribution >= 4 is 34.9 Å². The lowest BCUT2D eigenvalue weighted by Crippen LogP contribution is -1.97. The van der Waals surface area contributed by atoms with Crippen LogP contribution in [0, 0.1) is 12.7 Å². The van der Waals surface area contributed by atoms with Crippen LogP contribution in [-0.2, 0) is 0 Å². The zero-order valence-electron chi connectivity index (χ0n) is 9.87. The first kappa shape index (κ1) is 13.1. The summed E-state index contributed by atoms with van der Waals surface area (Å²) in [5, 5.41) is 3.93. The highest BCUT2D eigenvalue weighted by molar-refractivity contribution is 7.98. The van der Waals surface area contributed by atoms with Crippen LogP contribution in [0.3, 0.4) is 0 Å². The smallest absolute Gasteiger partial charge is 0.190 e. The van der Waals surface area contributed by atoms with E-state index in [9.17, 15) is 4.39 Å². The molecule has 2 aromatic rings. The fourth-order valence-electron chi connectivity index (χ4n) is 1.51. The molecule has 0 fully saturated rings. The van der Waals surface area contributed by atoms with Gasteiger partial charge in [-0.1, -0.05) is 23.4 Å². The Morgan fingerprint density at radius 1 is 1.22 bits per heavy atom. The first-order valence-electron chi connectivity index (χ1n) is 5.19. The van der Waals surface area contributed by atoms with Gasteiger partial charge >= 0.3 is 0 Å². The Balaban J connectivity index is 2.30. The summed E-state index contributed by atoms with van der Waals surface area (Å²) in [6, 6.07) is 6.30. The zero-order chi connectivity index (χ0) is 13.1. The van der Waals surface area contributed by atoms with Gasteiger partial charge in [0, 0.05) is 11.8 Å². The number of hydrogen-bond donors (Lipinski definition) is 1. The molecule has 6 heteroatoms. The minimum Gasteiger partial charge on any atom is -0.340 e. The number of anilines is 2. The molecule has 1 aromatic heterocycles. The molecule has 0 aliphatic rings. The van der Waals surface area contributed by atoms with Crippen molar-refractivity contribution in [3.8, 4) is 0 Å². The zero-order valence-corrected chi connectivity index (χ0v) is 11.4. The van der Waals surface area contributed by atoms with Crippen molar-refractivity contribution in [2.45, 2.75) is 12.1 Å². The predicted octanol–water partition coefficient (Wildman–Crippen LogP) is 4.04. The van der Waals surface area contributed by atoms with E-state index in [1.165, 1.54) is 23.9 Å². The van der Waals surface area contributed by atoms with Crippen LogP contribution in [-0.4, -0.2) is 16.2 Å². The van der Waals surface area contributed by atoms with Crippen molar-refractivity contribution in [1.29, 1.82) is 0 Å². The van der Waals surface area contributed by atoms with Crippen molar-refractivity contribution in [3.63, 3.8) is 0 Å². The Labute approximate surface area is 114 Å². The van der Waals surface area contributed by atoms with E-state index >= 15 is 0 Å². The summed E-state index contributed by atoms with van der Waals surface area (Å²) < 4.78 is 13.3. The normalized spacial score (nSPS) is 10.4. The summed E-state index contributed by atoms with van der Waals surface area (Å²) in [5.41, 5.74) is 1.47. The molecule has 0 spiro atoms. The second-order valence-electron chi connectivity index (χ2n) is 3.70. The molecule has 18 heavy (non-hydrogen) atoms. The van der Waals surface area contributed by atoms with E-state index in [-0.39, 0.29) is 5.82 Å². The minimum absolute atomic E-state index is 0.289. The van der Waals surface area contributed by atoms with Gasteiger partial charge in [-0.15, -0.1) is 0 Å². The lowest BCUT2D eigenvalue weighted by Gasteiger charge is -2.08. The van der Waals surface area contributed by atoms with Crippen LogP contribution in [0.25, 0.3) is 0 Å². The number of thioether (sulfide) groups is 1. The van der Waals surface area contributed by atoms with Gasteiger partial charge in [0.15, 0.2) is 5.16 Å². The first-order chi connectivity index (χ1) is 8.56. The van der Waals surface area contributed by atoms with Gasteiger partial charge in [-0.05, 0) is 36.9 Å². The van der Waals surface area contributed by atoms with E-state index in [0.717, 1.165) is 5.56 Å². The SMILES string of the molecule is CSc1nc(Cl)cc(Nc2cc(C)cc(F)c2)n1. The fourth-order valence-corrected chi connectivity index (χ4v) is 2.12. The van der Waals surface area contributed by atoms with E-state index in [1.807, 2.05) is 19.2 Å². The summed E-state index contributed by atoms with van der Waals surface area (Å²) in [7, 11) is 0. The van der Waals surface area contributed by atoms with Crippen LogP contribution in [0.2, 0.25) is 5.15 Å². The molecule has 3 nitrogen and oxygen atoms in total. The van der Waals surface area contributed by atoms with Gasteiger partial charge in [0.1, 0.15) is 16.8 Å². The van der Waals surface area contributed by atoms with Crippen molar-refractivity contribution < 1.29 is 4.39 Å². The molecule has 1 N–H and O–H groups in total. The lowest BCUT2D eigenvalue weighted by molar-refractivity contribution is 0.627. The van der Waals surface area contributed by atoms with Crippen molar-refractivity contribution in [3.05, 3.63) is 40.8 Å². The maximum Gasteiger partial charge on any atom is 0.190 e. The number of benzene rings is 1. The van der Waals surface area contributed by atoms with Crippen LogP contribution < -0.4 is 5.32 Å². The number of aromatic nitrogens is 2. The van der Waals surface area contributed by atoms with E-state index in [2.05, 4.69) is 15.3 Å². The van der Waals surface area contributed by atoms with Crippen LogP contribution in [0.15, 0.2) is 29.4 Å². The van der Waals surface area contributed by atoms with Crippen molar-refractivity contribution in [2.75, 3.05) is 11.6 Å². The van der Waals surface area contributed by atoms with Gasteiger partial charge in [0.2, 0.25) is 0 Å². The molecule has 0 aliphatic carbocycles. The summed E-state index contributed by atoms with van der Waals surface area (Å²) in [6.45, 7) is 1.83. The van der Waals surface area contributed by atoms with E-state index in [4.69, 9.17) is 11.6 Å². The maximum absolute atomic E-state index is 13.3. The number of nitrogens with one attached hydrogen (secondary N) is 1. The van der Waals surface area contributed by atoms with Crippen LogP contribution >= 0.6 is 23.4 Å². The van der Waals surface area contributed by atoms with Crippen molar-refractivity contribution in [1.82, 2.24) is 9.97 Å². The predicted molar refractivity (Wildman–Crippen MR) is 73.2 cm³/mol. The number of aryl methyl sites for hydroxylation is 1. The standard InChI is InChI=1S/C12H11ClFN3S/c1-7-3-8(14)5-9(4-7)15-11-6-10(13)16-12(17-11)18-2/h3-6H,1-2H3,(H,15,16,17). The molecule has 0 amide bonds. The van der Waals surface area contributed by atoms with Crippen LogP contribution in [0.5, 0.6) is 0 Å². The van der Waals surface area contributed by atoms with Crippen molar-refractivity contribution in [2.24, 2.45) is 0 Å². The lowest BCUT2D eigenvalue weighted by atomic mass is 10.2. The summed E-state index contributed by atoms with van der Waals surface area (Å²) >= 11 is 7.27. The monoisotopic (exact) mass is 283 g/mol. The number of rotatable bonds is 3. The highest BCUT2D eigenvalue weighted by Crippen LogP contribution is 2.22. The van der Waals surface area contributed by atoms with E-state index < -0.39 is 0 Å². The number of halogens is 2. The molecule has 0 unspecified atom stereocenters. The summed E-state index contributed by atoms with van der Waals surface area (Å²) in [5.74, 6) is 0.257. The Kier molecular flexibility index (Phi) is 4.04. The Hall–Kier alpha value is -1.33. The van der Waals surface area contributed by atoms with Gasteiger partial charge in [-0.3, -0.25) is 0 Å². The van der Waals surface area contributed by atoms with Crippen LogP contribution in [0.1, 0.15) is 5.56 Å². The van der Waals surface area contributed by atoms with Gasteiger partial charge in [0.25, 0.3) is 0 Å². The van der Waals surface area contributed by atoms with Crippen LogP contribution in [0.4, 0.5) is 15.9 Å². The van der Waals surface area contributed by atoms with Gasteiger partial charge in [-0.25, -0.2) is 14.4 Å². The molecular weight excluding hydrogens is 273 g/mol. The molecule has 0 atom stereocenters. The molecule has 0 aliphatic heterocycles. The largest absolute Gasteiger partial charge is 0.340 e. The van der Waals surface area contributed by atoms with E-state index in [0.29, 0.717) is 21.8 Å². The van der Waals surface area contributed by atoms with Gasteiger partial charge in [0.05, 0.1) is 0 Å². The minimum atomic E-state index is -0.289. The number of nitrogens with zero attached hydrogens (tertiary/aromatic N) is 2. The molecular formula is C12H11ClFN3S. The second kappa shape index (κ2) is 5.54. The second-order valence-corrected chi connectivity index (χ2v) is 4.87. The molecule has 0 saturated heterocycles. The molecule has 0 bridgehead atoms. The average molecular weight is 284 g/mol. The molecule has 1 aromatic carbocycles. The molecule has 94 valence electrons.